The zero-order chi connectivity index (χ0) is 16.1. The Kier molecular flexibility index (Phi) is 5.38. The van der Waals surface area contributed by atoms with Gasteiger partial charge >= 0.3 is 5.97 Å². The first-order valence-corrected chi connectivity index (χ1v) is 7.51. The van der Waals surface area contributed by atoms with Gasteiger partial charge in [0.05, 0.1) is 18.8 Å². The number of hydrogen-bond donors (Lipinski definition) is 2. The first-order chi connectivity index (χ1) is 10.5. The van der Waals surface area contributed by atoms with Gasteiger partial charge in [0.25, 0.3) is 0 Å². The lowest BCUT2D eigenvalue weighted by molar-refractivity contribution is -0.135. The molecule has 6 nitrogen and oxygen atoms in total. The smallest absolute Gasteiger partial charge is 0.323 e. The number of anilines is 1. The highest BCUT2D eigenvalue weighted by Crippen LogP contribution is 2.32. The van der Waals surface area contributed by atoms with Gasteiger partial charge in [0.15, 0.2) is 5.78 Å². The zero-order valence-corrected chi connectivity index (χ0v) is 13.0. The fourth-order valence-corrected chi connectivity index (χ4v) is 2.29. The summed E-state index contributed by atoms with van der Waals surface area (Å²) in [5, 5.41) is 12.1. The van der Waals surface area contributed by atoms with Crippen molar-refractivity contribution >= 4 is 17.4 Å². The Morgan fingerprint density at radius 2 is 2.23 bits per heavy atom. The van der Waals surface area contributed by atoms with Gasteiger partial charge in [0.1, 0.15) is 18.9 Å². The van der Waals surface area contributed by atoms with Gasteiger partial charge in [-0.1, -0.05) is 6.92 Å². The topological polar surface area (TPSA) is 78.9 Å². The van der Waals surface area contributed by atoms with Crippen molar-refractivity contribution in [3.63, 3.8) is 0 Å². The maximum atomic E-state index is 12.2. The van der Waals surface area contributed by atoms with Crippen molar-refractivity contribution in [1.29, 1.82) is 0 Å². The molecule has 0 saturated heterocycles. The Morgan fingerprint density at radius 1 is 1.45 bits per heavy atom. The van der Waals surface area contributed by atoms with Crippen molar-refractivity contribution in [3.8, 4) is 5.75 Å². The van der Waals surface area contributed by atoms with E-state index in [9.17, 15) is 9.59 Å². The summed E-state index contributed by atoms with van der Waals surface area (Å²) >= 11 is 0. The van der Waals surface area contributed by atoms with Crippen LogP contribution in [0.4, 0.5) is 5.69 Å². The zero-order valence-electron chi connectivity index (χ0n) is 13.0. The van der Waals surface area contributed by atoms with Gasteiger partial charge in [0, 0.05) is 11.6 Å². The molecule has 1 unspecified atom stereocenters. The number of ketones is 1. The summed E-state index contributed by atoms with van der Waals surface area (Å²) in [5.74, 6) is -0.286. The molecule has 0 bridgehead atoms. The molecule has 0 fully saturated rings. The number of carbonyl (C=O) groups excluding carboxylic acids is 1. The number of hydrogen-bond acceptors (Lipinski definition) is 5. The molecule has 0 spiro atoms. The van der Waals surface area contributed by atoms with Gasteiger partial charge in [-0.15, -0.1) is 0 Å². The van der Waals surface area contributed by atoms with E-state index in [1.165, 1.54) is 0 Å². The van der Waals surface area contributed by atoms with E-state index in [1.54, 1.807) is 23.1 Å². The second kappa shape index (κ2) is 7.26. The molecule has 2 rings (SSSR count). The SMILES string of the molecule is CCC(C)NCC(=O)c1ccc2c(c1)N(CC(=O)O)CCO2. The first-order valence-electron chi connectivity index (χ1n) is 7.51. The van der Waals surface area contributed by atoms with E-state index in [1.807, 2.05) is 6.92 Å². The Morgan fingerprint density at radius 3 is 2.91 bits per heavy atom. The van der Waals surface area contributed by atoms with Gasteiger partial charge in [-0.3, -0.25) is 9.59 Å². The highest BCUT2D eigenvalue weighted by Gasteiger charge is 2.21. The van der Waals surface area contributed by atoms with E-state index in [-0.39, 0.29) is 24.9 Å². The molecular weight excluding hydrogens is 284 g/mol. The number of aliphatic carboxylic acids is 1. The third-order valence-corrected chi connectivity index (χ3v) is 3.79. The van der Waals surface area contributed by atoms with Crippen LogP contribution in [0.25, 0.3) is 0 Å². The molecule has 120 valence electrons. The summed E-state index contributed by atoms with van der Waals surface area (Å²) in [7, 11) is 0. The van der Waals surface area contributed by atoms with Crippen LogP contribution in [0, 0.1) is 0 Å². The van der Waals surface area contributed by atoms with E-state index in [0.717, 1.165) is 6.42 Å². The Balaban J connectivity index is 2.14. The molecule has 6 heteroatoms. The van der Waals surface area contributed by atoms with E-state index in [2.05, 4.69) is 12.2 Å². The van der Waals surface area contributed by atoms with Crippen LogP contribution in [-0.2, 0) is 4.79 Å². The minimum atomic E-state index is -0.900. The number of benzene rings is 1. The lowest BCUT2D eigenvalue weighted by atomic mass is 10.1. The number of fused-ring (bicyclic) bond motifs is 1. The number of nitrogens with zero attached hydrogens (tertiary/aromatic N) is 1. The largest absolute Gasteiger partial charge is 0.490 e. The monoisotopic (exact) mass is 306 g/mol. The van der Waals surface area contributed by atoms with E-state index >= 15 is 0 Å². The third-order valence-electron chi connectivity index (χ3n) is 3.79. The summed E-state index contributed by atoms with van der Waals surface area (Å²) in [6, 6.07) is 5.47. The average Bonchev–Trinajstić information content (AvgIpc) is 2.51. The van der Waals surface area contributed by atoms with Crippen LogP contribution in [-0.4, -0.2) is 49.1 Å². The normalized spacial score (nSPS) is 14.9. The molecule has 1 atom stereocenters. The number of nitrogens with one attached hydrogen (secondary N) is 1. The molecule has 0 radical (unpaired) electrons. The van der Waals surface area contributed by atoms with Crippen molar-refractivity contribution in [1.82, 2.24) is 5.32 Å². The molecule has 0 aliphatic carbocycles. The van der Waals surface area contributed by atoms with Gasteiger partial charge in [0.2, 0.25) is 0 Å². The number of carbonyl (C=O) groups is 2. The van der Waals surface area contributed by atoms with Crippen LogP contribution < -0.4 is 15.0 Å². The van der Waals surface area contributed by atoms with Crippen LogP contribution >= 0.6 is 0 Å². The van der Waals surface area contributed by atoms with Crippen LogP contribution in [0.1, 0.15) is 30.6 Å². The van der Waals surface area contributed by atoms with Gasteiger partial charge < -0.3 is 20.1 Å². The highest BCUT2D eigenvalue weighted by molar-refractivity contribution is 5.99. The molecule has 1 heterocycles. The molecule has 0 saturated carbocycles. The summed E-state index contributed by atoms with van der Waals surface area (Å²) in [6.07, 6.45) is 0.956. The number of rotatable bonds is 7. The minimum absolute atomic E-state index is 0.0102. The maximum Gasteiger partial charge on any atom is 0.323 e. The first kappa shape index (κ1) is 16.3. The Hall–Kier alpha value is -2.08. The lowest BCUT2D eigenvalue weighted by Crippen LogP contribution is -2.37. The maximum absolute atomic E-state index is 12.2. The second-order valence-electron chi connectivity index (χ2n) is 5.46. The van der Waals surface area contributed by atoms with Crippen LogP contribution in [0.5, 0.6) is 5.75 Å². The minimum Gasteiger partial charge on any atom is -0.490 e. The van der Waals surface area contributed by atoms with Gasteiger partial charge in [-0.05, 0) is 31.5 Å². The molecule has 1 aromatic carbocycles. The lowest BCUT2D eigenvalue weighted by Gasteiger charge is -2.30. The van der Waals surface area contributed by atoms with Crippen molar-refractivity contribution in [3.05, 3.63) is 23.8 Å². The van der Waals surface area contributed by atoms with E-state index in [4.69, 9.17) is 9.84 Å². The Bertz CT molecular complexity index is 559. The number of Topliss-reactive ketones (excluding diaryl/α,β-unsaturated/α-hetero) is 1. The molecule has 0 amide bonds. The fourth-order valence-electron chi connectivity index (χ4n) is 2.29. The third kappa shape index (κ3) is 3.98. The van der Waals surface area contributed by atoms with Crippen molar-refractivity contribution in [2.75, 3.05) is 31.1 Å². The van der Waals surface area contributed by atoms with Gasteiger partial charge in [-0.25, -0.2) is 0 Å². The molecule has 22 heavy (non-hydrogen) atoms. The predicted molar refractivity (Wildman–Crippen MR) is 83.9 cm³/mol. The molecular formula is C16H22N2O4. The highest BCUT2D eigenvalue weighted by atomic mass is 16.5. The van der Waals surface area contributed by atoms with Gasteiger partial charge in [-0.2, -0.15) is 0 Å². The molecule has 1 aromatic rings. The fraction of sp³-hybridized carbons (Fsp3) is 0.500. The molecule has 0 aromatic heterocycles. The van der Waals surface area contributed by atoms with E-state index in [0.29, 0.717) is 30.2 Å². The number of ether oxygens (including phenoxy) is 1. The molecule has 1 aliphatic heterocycles. The number of carboxylic acid groups (broad SMARTS) is 1. The van der Waals surface area contributed by atoms with E-state index < -0.39 is 5.97 Å². The standard InChI is InChI=1S/C16H22N2O4/c1-3-11(2)17-9-14(19)12-4-5-15-13(8-12)18(6-7-22-15)10-16(20)21/h4-5,8,11,17H,3,6-7,9-10H2,1-2H3,(H,20,21). The van der Waals surface area contributed by atoms with Crippen LogP contribution in [0.15, 0.2) is 18.2 Å². The average molecular weight is 306 g/mol. The number of carboxylic acids is 1. The van der Waals surface area contributed by atoms with Crippen LogP contribution in [0.2, 0.25) is 0 Å². The quantitative estimate of drug-likeness (QED) is 0.744. The van der Waals surface area contributed by atoms with Crippen LogP contribution in [0.3, 0.4) is 0 Å². The summed E-state index contributed by atoms with van der Waals surface area (Å²) in [4.78, 5) is 24.9. The van der Waals surface area contributed by atoms with Crippen molar-refractivity contribution in [2.24, 2.45) is 0 Å². The van der Waals surface area contributed by atoms with Crippen molar-refractivity contribution in [2.45, 2.75) is 26.3 Å². The summed E-state index contributed by atoms with van der Waals surface area (Å²) < 4.78 is 5.52. The second-order valence-corrected chi connectivity index (χ2v) is 5.46. The Labute approximate surface area is 130 Å². The predicted octanol–water partition coefficient (Wildman–Crippen LogP) is 1.54. The molecule has 1 aliphatic rings. The summed E-state index contributed by atoms with van der Waals surface area (Å²) in [6.45, 7) is 5.21. The summed E-state index contributed by atoms with van der Waals surface area (Å²) in [5.41, 5.74) is 1.23. The molecule has 2 N–H and O–H groups in total. The van der Waals surface area contributed by atoms with Crippen molar-refractivity contribution < 1.29 is 19.4 Å².